The summed E-state index contributed by atoms with van der Waals surface area (Å²) in [6.07, 6.45) is 19.7. The van der Waals surface area contributed by atoms with Crippen molar-refractivity contribution < 1.29 is 9.47 Å². The van der Waals surface area contributed by atoms with E-state index >= 15 is 0 Å². The van der Waals surface area contributed by atoms with Crippen molar-refractivity contribution in [3.63, 3.8) is 0 Å². The minimum absolute atomic E-state index is 0.427. The number of benzene rings is 9. The maximum absolute atomic E-state index is 5.78. The fourth-order valence-electron chi connectivity index (χ4n) is 22.6. The molecule has 15 rings (SSSR count). The molecule has 0 saturated heterocycles. The van der Waals surface area contributed by atoms with Gasteiger partial charge in [0.05, 0.1) is 14.2 Å². The lowest BCUT2D eigenvalue weighted by molar-refractivity contribution is 0.356. The Morgan fingerprint density at radius 2 is 0.559 bits per heavy atom. The summed E-state index contributed by atoms with van der Waals surface area (Å²) in [5.41, 5.74) is 35.4. The van der Waals surface area contributed by atoms with Crippen molar-refractivity contribution in [2.24, 2.45) is 11.8 Å². The average Bonchev–Trinajstić information content (AvgIpc) is 1.73. The quantitative estimate of drug-likeness (QED) is 0.0341. The van der Waals surface area contributed by atoms with E-state index in [-0.39, 0.29) is 0 Å². The largest absolute Gasteiger partial charge is 0.493 e. The van der Waals surface area contributed by atoms with Gasteiger partial charge < -0.3 is 9.47 Å². The predicted molar refractivity (Wildman–Crippen MR) is 631 cm³/mol. The van der Waals surface area contributed by atoms with Crippen molar-refractivity contribution in [3.8, 4) is 80.3 Å². The summed E-state index contributed by atoms with van der Waals surface area (Å²) < 4.78 is 14.3. The molecule has 9 aromatic carbocycles. The van der Waals surface area contributed by atoms with Gasteiger partial charge in [0, 0.05) is 85.6 Å². The molecule has 4 unspecified atom stereocenters. The fraction of sp³-hybridized carbons (Fsp3) is 0.435. The normalized spacial score (nSPS) is 15.7. The molecule has 710 valence electrons. The van der Waals surface area contributed by atoms with Crippen molar-refractivity contribution in [1.82, 2.24) is 0 Å². The Hall–Kier alpha value is -8.14. The third-order valence-corrected chi connectivity index (χ3v) is 68.4. The van der Waals surface area contributed by atoms with Gasteiger partial charge in [-0.15, -0.1) is 92.6 Å². The molecule has 2 aliphatic heterocycles. The van der Waals surface area contributed by atoms with Crippen LogP contribution in [0, 0.1) is 94.5 Å². The summed E-state index contributed by atoms with van der Waals surface area (Å²) in [6.45, 7) is 74.1. The minimum Gasteiger partial charge on any atom is -0.493 e. The van der Waals surface area contributed by atoms with Crippen LogP contribution < -0.4 is 30.3 Å². The summed E-state index contributed by atoms with van der Waals surface area (Å²) >= 11 is 8.02. The molecule has 2 nitrogen and oxygen atoms in total. The Morgan fingerprint density at radius 1 is 0.309 bits per heavy atom. The van der Waals surface area contributed by atoms with Crippen molar-refractivity contribution in [3.05, 3.63) is 206 Å². The zero-order chi connectivity index (χ0) is 98.6. The first-order chi connectivity index (χ1) is 65.1. The van der Waals surface area contributed by atoms with Gasteiger partial charge in [-0.3, -0.25) is 0 Å². The molecule has 0 radical (unpaired) electrons. The van der Waals surface area contributed by atoms with Crippen LogP contribution in [0.4, 0.5) is 0 Å². The molecule has 0 fully saturated rings. The van der Waals surface area contributed by atoms with Crippen LogP contribution in [0.15, 0.2) is 130 Å². The molecule has 12 heteroatoms. The summed E-state index contributed by atoms with van der Waals surface area (Å²) in [4.78, 5) is 5.95. The number of hydrogen-bond acceptors (Lipinski definition) is 6. The van der Waals surface area contributed by atoms with E-state index in [9.17, 15) is 0 Å². The summed E-state index contributed by atoms with van der Waals surface area (Å²) in [5, 5.41) is 25.9. The second kappa shape index (κ2) is 43.9. The SMILES string of the molecule is C=C(C)[Si](C#Cc1c2cc3cc(C)c(C)cc3cc2c(C#C[Si](C(=C)C)(C(C)C)C(C)C)c2cc3cc(OC)c(OC)cc3cc12)(C(C)C)C(C)C.CCC1=CC2C=c3c(C#C[Si](CC)(CC)CC)c4cc5cc(CC)sc5cc4c(C#C[Si](CC)(CC)CC)c3=CC2S1.CCC1=CC2C=c3c(C#C[Si](CC)(CC)CC)c4cc5sc(CC)cc5cc4c(C#C[Si](CC)(CC)CC)c3=CC2S1. The molecule has 0 saturated carbocycles. The first-order valence-corrected chi connectivity index (χ1v) is 70.0. The van der Waals surface area contributed by atoms with Crippen molar-refractivity contribution in [1.29, 1.82) is 0 Å². The van der Waals surface area contributed by atoms with Crippen LogP contribution in [-0.4, -0.2) is 73.2 Å². The lowest BCUT2D eigenvalue weighted by atomic mass is 9.88. The number of rotatable bonds is 24. The number of ether oxygens (including phenoxy) is 2. The summed E-state index contributed by atoms with van der Waals surface area (Å²) in [6, 6.07) is 47.5. The molecule has 0 bridgehead atoms. The van der Waals surface area contributed by atoms with Gasteiger partial charge in [0.2, 0.25) is 0 Å². The van der Waals surface area contributed by atoms with Crippen LogP contribution in [0.2, 0.25) is 94.7 Å². The minimum atomic E-state index is -2.25. The standard InChI is InChI=1S/C48H58O2Si2.2C38H48S2Si2/c1-29(2)51(30(3)4,31(5)6)19-17-41-43-23-37-21-35(13)36(14)22-38(37)24-44(43)42(18-20-52(32(7)8,33(9)10)34(11)12)46-26-40-28-48(50-16)47(49-15)27-39(40)25-45(41)46;1-9-29-21-27-23-33-31(17-19-41(11-3,12-4)13-5)36-26-38-28(22-30(10-2)40-38)24-34(36)32(35(33)25-37(27)39-29)18-20-42(14-6,15-7)16-8;1-9-29-21-27-23-33-31(17-19-41(11-3,12-4)13-5)34-24-28-22-30(10-2)40-38(28)26-36(34)32(35(33)25-37(27)39-29)18-20-42(14-6,15-7)16-8/h21-28,30-31,33-34H,1,7H2,2-6,8-16H3;2*21-27,37H,9-16H2,1-8H3. The highest BCUT2D eigenvalue weighted by atomic mass is 32.2. The highest BCUT2D eigenvalue weighted by molar-refractivity contribution is 8.04. The molecule has 0 N–H and O–H groups in total. The highest BCUT2D eigenvalue weighted by Crippen LogP contribution is 2.48. The molecule has 4 atom stereocenters. The first-order valence-electron chi connectivity index (χ1n) is 51.9. The number of aryl methyl sites for hydroxylation is 4. The second-order valence-corrected chi connectivity index (χ2v) is 75.8. The Morgan fingerprint density at radius 3 is 0.809 bits per heavy atom. The third-order valence-electron chi connectivity index (χ3n) is 32.9. The average molecular weight is 1970 g/mol. The summed E-state index contributed by atoms with van der Waals surface area (Å²) in [5.74, 6) is 25.9. The van der Waals surface area contributed by atoms with E-state index in [0.717, 1.165) is 69.1 Å². The molecular weight excluding hydrogens is 1820 g/mol. The predicted octanol–water partition coefficient (Wildman–Crippen LogP) is 33.5. The highest BCUT2D eigenvalue weighted by Gasteiger charge is 2.42. The van der Waals surface area contributed by atoms with E-state index in [4.69, 9.17) is 9.47 Å². The van der Waals surface area contributed by atoms with E-state index in [1.807, 2.05) is 22.7 Å². The van der Waals surface area contributed by atoms with Gasteiger partial charge in [-0.1, -0.05) is 261 Å². The van der Waals surface area contributed by atoms with E-state index in [2.05, 4.69) is 421 Å². The fourth-order valence-corrected chi connectivity index (χ4v) is 45.7. The molecule has 2 aromatic heterocycles. The zero-order valence-corrected chi connectivity index (χ0v) is 97.6. The van der Waals surface area contributed by atoms with Crippen molar-refractivity contribution in [2.75, 3.05) is 14.2 Å². The lowest BCUT2D eigenvalue weighted by Gasteiger charge is -2.35. The molecule has 11 aromatic rings. The molecule has 0 amide bonds. The van der Waals surface area contributed by atoms with Gasteiger partial charge in [0.25, 0.3) is 0 Å². The number of fused-ring (bicyclic) bond motifs is 12. The van der Waals surface area contributed by atoms with E-state index < -0.39 is 48.4 Å². The van der Waals surface area contributed by atoms with Crippen LogP contribution in [0.25, 0.3) is 109 Å². The van der Waals surface area contributed by atoms with Crippen LogP contribution in [0.1, 0.15) is 247 Å². The van der Waals surface area contributed by atoms with Crippen LogP contribution in [0.5, 0.6) is 11.5 Å². The van der Waals surface area contributed by atoms with E-state index in [0.29, 0.717) is 56.0 Å². The van der Waals surface area contributed by atoms with Crippen LogP contribution >= 0.6 is 46.2 Å². The van der Waals surface area contributed by atoms with Crippen LogP contribution in [0.3, 0.4) is 0 Å². The second-order valence-electron chi connectivity index (χ2n) is 40.8. The number of thioether (sulfide) groups is 2. The van der Waals surface area contributed by atoms with E-state index in [1.54, 1.807) is 14.2 Å². The Bertz CT molecular complexity index is 6830. The lowest BCUT2D eigenvalue weighted by Crippen LogP contribution is -2.41. The van der Waals surface area contributed by atoms with Gasteiger partial charge in [0.15, 0.2) is 27.6 Å². The van der Waals surface area contributed by atoms with Crippen LogP contribution in [-0.2, 0) is 12.8 Å². The van der Waals surface area contributed by atoms with Gasteiger partial charge >= 0.3 is 0 Å². The Kier molecular flexibility index (Phi) is 34.0. The van der Waals surface area contributed by atoms with Gasteiger partial charge in [-0.2, -0.15) is 0 Å². The third kappa shape index (κ3) is 20.2. The monoisotopic (exact) mass is 1970 g/mol. The number of thiophene rings is 2. The van der Waals surface area contributed by atoms with Gasteiger partial charge in [0.1, 0.15) is 32.3 Å². The Labute approximate surface area is 842 Å². The molecule has 0 spiro atoms. The van der Waals surface area contributed by atoms with Gasteiger partial charge in [-0.05, 0) is 327 Å². The van der Waals surface area contributed by atoms with Gasteiger partial charge in [-0.25, -0.2) is 0 Å². The first kappa shape index (κ1) is 105. The zero-order valence-electron chi connectivity index (χ0n) is 88.3. The molecule has 4 heterocycles. The molecule has 2 aliphatic carbocycles. The molecular formula is C124H154O2S4Si6. The Balaban J connectivity index is 0.000000174. The maximum atomic E-state index is 5.78. The molecule has 4 aliphatic rings. The smallest absolute Gasteiger partial charge is 0.169 e. The number of hydrogen-bond donors (Lipinski definition) is 0. The van der Waals surface area contributed by atoms with E-state index in [1.165, 1.54) is 209 Å². The summed E-state index contributed by atoms with van der Waals surface area (Å²) in [7, 11) is -7.60. The maximum Gasteiger partial charge on any atom is 0.169 e. The topological polar surface area (TPSA) is 18.5 Å². The van der Waals surface area contributed by atoms with Crippen molar-refractivity contribution >= 4 is 204 Å². The number of allylic oxidation sites excluding steroid dienone is 6. The number of methoxy groups -OCH3 is 2. The van der Waals surface area contributed by atoms with Crippen molar-refractivity contribution in [2.45, 2.75) is 325 Å². The molecule has 136 heavy (non-hydrogen) atoms.